The highest BCUT2D eigenvalue weighted by atomic mass is 16.5. The Kier molecular flexibility index (Phi) is 9.05. The van der Waals surface area contributed by atoms with E-state index in [-0.39, 0.29) is 18.0 Å². The van der Waals surface area contributed by atoms with Gasteiger partial charge in [0.05, 0.1) is 18.2 Å². The fourth-order valence-electron chi connectivity index (χ4n) is 4.69. The van der Waals surface area contributed by atoms with E-state index in [0.717, 1.165) is 5.56 Å². The van der Waals surface area contributed by atoms with Crippen LogP contribution in [0.4, 0.5) is 0 Å². The number of nitrogens with zero attached hydrogens (tertiary/aromatic N) is 1. The van der Waals surface area contributed by atoms with Gasteiger partial charge < -0.3 is 19.7 Å². The maximum Gasteiger partial charge on any atom is 0.144 e. The standard InChI is InChI=1S/C34H37NO4/c1-24(2)38-31-20-12-9-17-28(31)34(37,29-18-10-13-21-32(29)39-25(3)4)33(22-26-14-6-5-7-15-26)35-23-27-16-8-11-19-30(27)36/h5-21,23-25,33,36-37H,22H2,1-4H3. The molecule has 0 saturated heterocycles. The lowest BCUT2D eigenvalue weighted by Crippen LogP contribution is -2.42. The van der Waals surface area contributed by atoms with Crippen molar-refractivity contribution in [1.29, 1.82) is 0 Å². The van der Waals surface area contributed by atoms with Crippen LogP contribution in [0.1, 0.15) is 49.9 Å². The van der Waals surface area contributed by atoms with Gasteiger partial charge in [-0.2, -0.15) is 0 Å². The number of aliphatic imine (C=N–C) groups is 1. The molecule has 0 bridgehead atoms. The molecule has 2 N–H and O–H groups in total. The number of ether oxygens (including phenoxy) is 2. The maximum atomic E-state index is 13.1. The number of hydrogen-bond donors (Lipinski definition) is 2. The Balaban J connectivity index is 1.98. The van der Waals surface area contributed by atoms with Gasteiger partial charge in [-0.05, 0) is 63.9 Å². The molecule has 0 aromatic heterocycles. The van der Waals surface area contributed by atoms with Gasteiger partial charge in [0, 0.05) is 22.9 Å². The molecule has 5 nitrogen and oxygen atoms in total. The minimum atomic E-state index is -1.65. The topological polar surface area (TPSA) is 71.3 Å². The number of hydrogen-bond acceptors (Lipinski definition) is 5. The maximum absolute atomic E-state index is 13.1. The molecule has 0 aliphatic rings. The lowest BCUT2D eigenvalue weighted by atomic mass is 9.77. The van der Waals surface area contributed by atoms with Crippen LogP contribution in [0.15, 0.2) is 108 Å². The zero-order chi connectivity index (χ0) is 27.8. The van der Waals surface area contributed by atoms with Crippen molar-refractivity contribution in [1.82, 2.24) is 0 Å². The number of phenols is 1. The highest BCUT2D eigenvalue weighted by Crippen LogP contribution is 2.45. The molecule has 0 heterocycles. The summed E-state index contributed by atoms with van der Waals surface area (Å²) in [6.45, 7) is 7.85. The zero-order valence-electron chi connectivity index (χ0n) is 23.0. The van der Waals surface area contributed by atoms with E-state index in [9.17, 15) is 10.2 Å². The Labute approximate surface area is 231 Å². The predicted molar refractivity (Wildman–Crippen MR) is 157 cm³/mol. The lowest BCUT2D eigenvalue weighted by molar-refractivity contribution is 0.0443. The second-order valence-electron chi connectivity index (χ2n) is 10.1. The molecule has 0 fully saturated rings. The molecule has 1 unspecified atom stereocenters. The van der Waals surface area contributed by atoms with E-state index in [4.69, 9.17) is 14.5 Å². The first-order chi connectivity index (χ1) is 18.8. The third kappa shape index (κ3) is 6.68. The number of phenolic OH excluding ortho intramolecular Hbond substituents is 1. The van der Waals surface area contributed by atoms with Crippen LogP contribution in [0.2, 0.25) is 0 Å². The molecule has 0 saturated carbocycles. The van der Waals surface area contributed by atoms with Crippen molar-refractivity contribution in [2.24, 2.45) is 4.99 Å². The molecule has 0 spiro atoms. The van der Waals surface area contributed by atoms with Crippen LogP contribution >= 0.6 is 0 Å². The second-order valence-corrected chi connectivity index (χ2v) is 10.1. The van der Waals surface area contributed by atoms with E-state index in [1.54, 1.807) is 24.4 Å². The van der Waals surface area contributed by atoms with E-state index >= 15 is 0 Å². The molecule has 4 aromatic carbocycles. The van der Waals surface area contributed by atoms with Gasteiger partial charge in [-0.3, -0.25) is 4.99 Å². The molecule has 39 heavy (non-hydrogen) atoms. The van der Waals surface area contributed by atoms with E-state index in [2.05, 4.69) is 0 Å². The average Bonchev–Trinajstić information content (AvgIpc) is 2.92. The Morgan fingerprint density at radius 3 is 1.72 bits per heavy atom. The SMILES string of the molecule is CC(C)Oc1ccccc1C(O)(c1ccccc1OC(C)C)C(Cc1ccccc1)N=Cc1ccccc1O. The number of rotatable bonds is 11. The predicted octanol–water partition coefficient (Wildman–Crippen LogP) is 6.93. The van der Waals surface area contributed by atoms with Crippen LogP contribution in [0, 0.1) is 0 Å². The van der Waals surface area contributed by atoms with Crippen molar-refractivity contribution in [2.75, 3.05) is 0 Å². The molecule has 0 aliphatic heterocycles. The summed E-state index contributed by atoms with van der Waals surface area (Å²) in [6, 6.07) is 31.4. The van der Waals surface area contributed by atoms with E-state index in [1.165, 1.54) is 0 Å². The van der Waals surface area contributed by atoms with Gasteiger partial charge in [0.2, 0.25) is 0 Å². The second kappa shape index (κ2) is 12.6. The van der Waals surface area contributed by atoms with E-state index in [0.29, 0.717) is 34.6 Å². The van der Waals surface area contributed by atoms with Crippen LogP contribution in [0.3, 0.4) is 0 Å². The molecule has 1 atom stereocenters. The monoisotopic (exact) mass is 523 g/mol. The van der Waals surface area contributed by atoms with Gasteiger partial charge in [-0.15, -0.1) is 0 Å². The van der Waals surface area contributed by atoms with Gasteiger partial charge in [0.1, 0.15) is 22.8 Å². The molecule has 202 valence electrons. The van der Waals surface area contributed by atoms with Gasteiger partial charge >= 0.3 is 0 Å². The Morgan fingerprint density at radius 1 is 0.692 bits per heavy atom. The van der Waals surface area contributed by atoms with Crippen molar-refractivity contribution in [2.45, 2.75) is 58.0 Å². The third-order valence-corrected chi connectivity index (χ3v) is 6.41. The number of aliphatic hydroxyl groups is 1. The van der Waals surface area contributed by atoms with Crippen LogP contribution in [-0.4, -0.2) is 34.7 Å². The van der Waals surface area contributed by atoms with Gasteiger partial charge in [0.25, 0.3) is 0 Å². The summed E-state index contributed by atoms with van der Waals surface area (Å²) in [5.41, 5.74) is 1.12. The fraction of sp³-hybridized carbons (Fsp3) is 0.265. The molecule has 4 aromatic rings. The molecule has 0 aliphatic carbocycles. The molecule has 5 heteroatoms. The average molecular weight is 524 g/mol. The van der Waals surface area contributed by atoms with Crippen molar-refractivity contribution >= 4 is 6.21 Å². The highest BCUT2D eigenvalue weighted by molar-refractivity contribution is 5.83. The first kappa shape index (κ1) is 27.9. The van der Waals surface area contributed by atoms with Gasteiger partial charge in [0.15, 0.2) is 0 Å². The smallest absolute Gasteiger partial charge is 0.144 e. The van der Waals surface area contributed by atoms with Crippen molar-refractivity contribution in [3.05, 3.63) is 125 Å². The molecular weight excluding hydrogens is 486 g/mol. The fourth-order valence-corrected chi connectivity index (χ4v) is 4.69. The van der Waals surface area contributed by atoms with Gasteiger partial charge in [-0.1, -0.05) is 78.9 Å². The molecular formula is C34H37NO4. The van der Waals surface area contributed by atoms with Crippen LogP contribution < -0.4 is 9.47 Å². The first-order valence-electron chi connectivity index (χ1n) is 13.4. The van der Waals surface area contributed by atoms with E-state index < -0.39 is 11.6 Å². The Bertz CT molecular complexity index is 1330. The van der Waals surface area contributed by atoms with Crippen molar-refractivity contribution in [3.63, 3.8) is 0 Å². The van der Waals surface area contributed by atoms with Crippen molar-refractivity contribution in [3.8, 4) is 17.2 Å². The van der Waals surface area contributed by atoms with E-state index in [1.807, 2.05) is 113 Å². The molecule has 0 radical (unpaired) electrons. The quantitative estimate of drug-likeness (QED) is 0.209. The Hall–Kier alpha value is -4.09. The Morgan fingerprint density at radius 2 is 1.18 bits per heavy atom. The third-order valence-electron chi connectivity index (χ3n) is 6.41. The van der Waals surface area contributed by atoms with Crippen molar-refractivity contribution < 1.29 is 19.7 Å². The summed E-state index contributed by atoms with van der Waals surface area (Å²) in [5.74, 6) is 1.27. The summed E-state index contributed by atoms with van der Waals surface area (Å²) < 4.78 is 12.4. The highest BCUT2D eigenvalue weighted by Gasteiger charge is 2.44. The first-order valence-corrected chi connectivity index (χ1v) is 13.4. The summed E-state index contributed by atoms with van der Waals surface area (Å²) in [4.78, 5) is 4.97. The van der Waals surface area contributed by atoms with Crippen LogP contribution in [0.5, 0.6) is 17.2 Å². The minimum Gasteiger partial charge on any atom is -0.507 e. The summed E-state index contributed by atoms with van der Waals surface area (Å²) in [7, 11) is 0. The number of aromatic hydroxyl groups is 1. The van der Waals surface area contributed by atoms with Crippen LogP contribution in [-0.2, 0) is 12.0 Å². The number of para-hydroxylation sites is 3. The largest absolute Gasteiger partial charge is 0.507 e. The molecule has 4 rings (SSSR count). The summed E-state index contributed by atoms with van der Waals surface area (Å²) in [6.07, 6.45) is 1.85. The number of benzene rings is 4. The summed E-state index contributed by atoms with van der Waals surface area (Å²) >= 11 is 0. The normalized spacial score (nSPS) is 12.7. The minimum absolute atomic E-state index is 0.102. The van der Waals surface area contributed by atoms with Crippen LogP contribution in [0.25, 0.3) is 0 Å². The lowest BCUT2D eigenvalue weighted by Gasteiger charge is -2.37. The summed E-state index contributed by atoms with van der Waals surface area (Å²) in [5, 5.41) is 23.5. The molecule has 0 amide bonds. The zero-order valence-corrected chi connectivity index (χ0v) is 23.0. The van der Waals surface area contributed by atoms with Gasteiger partial charge in [-0.25, -0.2) is 0 Å².